The average molecular weight is 356 g/mol. The topological polar surface area (TPSA) is 53.1 Å². The molecule has 0 aliphatic heterocycles. The van der Waals surface area contributed by atoms with Crippen molar-refractivity contribution >= 4 is 32.9 Å². The summed E-state index contributed by atoms with van der Waals surface area (Å²) >= 11 is 3.20. The zero-order chi connectivity index (χ0) is 14.8. The molecule has 2 N–H and O–H groups in total. The maximum atomic E-state index is 13.5. The molecule has 3 rings (SSSR count). The SMILES string of the molecule is Nc1nc2cc(F)c(Br)cc2n1CCOC1CCCCC1. The molecule has 0 amide bonds. The van der Waals surface area contributed by atoms with Crippen molar-refractivity contribution in [3.05, 3.63) is 22.4 Å². The van der Waals surface area contributed by atoms with Gasteiger partial charge in [0.25, 0.3) is 0 Å². The Bertz CT molecular complexity index is 637. The summed E-state index contributed by atoms with van der Waals surface area (Å²) in [4.78, 5) is 4.20. The van der Waals surface area contributed by atoms with Crippen LogP contribution in [0.4, 0.5) is 10.3 Å². The summed E-state index contributed by atoms with van der Waals surface area (Å²) in [6, 6.07) is 3.11. The number of hydrogen-bond donors (Lipinski definition) is 1. The van der Waals surface area contributed by atoms with E-state index in [2.05, 4.69) is 20.9 Å². The molecule has 6 heteroatoms. The molecule has 0 atom stereocenters. The molecule has 21 heavy (non-hydrogen) atoms. The van der Waals surface area contributed by atoms with Crippen LogP contribution in [0, 0.1) is 5.82 Å². The van der Waals surface area contributed by atoms with Gasteiger partial charge in [0, 0.05) is 12.6 Å². The molecule has 1 saturated carbocycles. The van der Waals surface area contributed by atoms with Gasteiger partial charge in [-0.2, -0.15) is 0 Å². The lowest BCUT2D eigenvalue weighted by atomic mass is 9.98. The zero-order valence-corrected chi connectivity index (χ0v) is 13.4. The first kappa shape index (κ1) is 14.8. The molecule has 1 aromatic carbocycles. The minimum atomic E-state index is -0.328. The highest BCUT2D eigenvalue weighted by Crippen LogP contribution is 2.25. The first-order chi connectivity index (χ1) is 10.1. The number of fused-ring (bicyclic) bond motifs is 1. The van der Waals surface area contributed by atoms with E-state index in [1.807, 2.05) is 4.57 Å². The van der Waals surface area contributed by atoms with Crippen molar-refractivity contribution in [3.63, 3.8) is 0 Å². The molecular weight excluding hydrogens is 337 g/mol. The minimum absolute atomic E-state index is 0.328. The van der Waals surface area contributed by atoms with Crippen molar-refractivity contribution in [1.82, 2.24) is 9.55 Å². The third kappa shape index (κ3) is 3.21. The summed E-state index contributed by atoms with van der Waals surface area (Å²) in [5.41, 5.74) is 7.33. The average Bonchev–Trinajstić information content (AvgIpc) is 2.76. The number of aromatic nitrogens is 2. The van der Waals surface area contributed by atoms with Gasteiger partial charge in [0.05, 0.1) is 28.2 Å². The summed E-state index contributed by atoms with van der Waals surface area (Å²) in [6.07, 6.45) is 6.51. The second-order valence-electron chi connectivity index (χ2n) is 5.51. The van der Waals surface area contributed by atoms with Gasteiger partial charge >= 0.3 is 0 Å². The van der Waals surface area contributed by atoms with Gasteiger partial charge in [0.1, 0.15) is 5.82 Å². The number of nitrogens with zero attached hydrogens (tertiary/aromatic N) is 2. The Morgan fingerprint density at radius 1 is 1.33 bits per heavy atom. The Morgan fingerprint density at radius 2 is 2.10 bits per heavy atom. The van der Waals surface area contributed by atoms with E-state index in [4.69, 9.17) is 10.5 Å². The van der Waals surface area contributed by atoms with Crippen molar-refractivity contribution in [2.24, 2.45) is 0 Å². The molecule has 0 unspecified atom stereocenters. The van der Waals surface area contributed by atoms with Crippen LogP contribution >= 0.6 is 15.9 Å². The fourth-order valence-corrected chi connectivity index (χ4v) is 3.25. The molecule has 0 radical (unpaired) electrons. The van der Waals surface area contributed by atoms with Crippen molar-refractivity contribution in [2.75, 3.05) is 12.3 Å². The summed E-state index contributed by atoms with van der Waals surface area (Å²) in [7, 11) is 0. The van der Waals surface area contributed by atoms with E-state index in [0.29, 0.717) is 35.2 Å². The predicted octanol–water partition coefficient (Wildman–Crippen LogP) is 3.87. The van der Waals surface area contributed by atoms with Crippen molar-refractivity contribution < 1.29 is 9.13 Å². The van der Waals surface area contributed by atoms with Gasteiger partial charge < -0.3 is 15.0 Å². The monoisotopic (exact) mass is 355 g/mol. The van der Waals surface area contributed by atoms with E-state index in [9.17, 15) is 4.39 Å². The van der Waals surface area contributed by atoms with Gasteiger partial charge in [-0.15, -0.1) is 0 Å². The summed E-state index contributed by atoms with van der Waals surface area (Å²) < 4.78 is 21.7. The fraction of sp³-hybridized carbons (Fsp3) is 0.533. The van der Waals surface area contributed by atoms with E-state index >= 15 is 0 Å². The molecule has 1 aliphatic rings. The summed E-state index contributed by atoms with van der Waals surface area (Å²) in [5, 5.41) is 0. The Balaban J connectivity index is 1.71. The summed E-state index contributed by atoms with van der Waals surface area (Å²) in [5.74, 6) is 0.0698. The highest BCUT2D eigenvalue weighted by atomic mass is 79.9. The van der Waals surface area contributed by atoms with Gasteiger partial charge in [-0.25, -0.2) is 9.37 Å². The van der Waals surface area contributed by atoms with Crippen LogP contribution in [0.2, 0.25) is 0 Å². The molecule has 114 valence electrons. The van der Waals surface area contributed by atoms with E-state index in [-0.39, 0.29) is 5.82 Å². The van der Waals surface area contributed by atoms with Crippen LogP contribution in [0.5, 0.6) is 0 Å². The van der Waals surface area contributed by atoms with E-state index in [1.165, 1.54) is 25.3 Å². The molecule has 1 heterocycles. The lowest BCUT2D eigenvalue weighted by molar-refractivity contribution is 0.0246. The third-order valence-corrected chi connectivity index (χ3v) is 4.65. The number of nitrogen functional groups attached to an aromatic ring is 1. The van der Waals surface area contributed by atoms with E-state index < -0.39 is 0 Å². The zero-order valence-electron chi connectivity index (χ0n) is 11.8. The standard InChI is InChI=1S/C15H19BrFN3O/c16-11-8-14-13(9-12(11)17)19-15(18)20(14)6-7-21-10-4-2-1-3-5-10/h8-10H,1-7H2,(H2,18,19). The molecule has 0 spiro atoms. The van der Waals surface area contributed by atoms with Crippen molar-refractivity contribution in [2.45, 2.75) is 44.8 Å². The molecule has 0 bridgehead atoms. The van der Waals surface area contributed by atoms with Crippen LogP contribution < -0.4 is 5.73 Å². The number of hydrogen-bond acceptors (Lipinski definition) is 3. The number of ether oxygens (including phenoxy) is 1. The largest absolute Gasteiger partial charge is 0.376 e. The second kappa shape index (κ2) is 6.32. The lowest BCUT2D eigenvalue weighted by Gasteiger charge is -2.22. The molecule has 0 saturated heterocycles. The highest BCUT2D eigenvalue weighted by molar-refractivity contribution is 9.10. The van der Waals surface area contributed by atoms with Crippen LogP contribution in [-0.4, -0.2) is 22.3 Å². The van der Waals surface area contributed by atoms with E-state index in [0.717, 1.165) is 18.4 Å². The van der Waals surface area contributed by atoms with Crippen molar-refractivity contribution in [3.8, 4) is 0 Å². The number of halogens is 2. The normalized spacial score (nSPS) is 16.7. The molecule has 1 fully saturated rings. The third-order valence-electron chi connectivity index (χ3n) is 4.04. The molecule has 1 aromatic heterocycles. The minimum Gasteiger partial charge on any atom is -0.376 e. The smallest absolute Gasteiger partial charge is 0.201 e. The summed E-state index contributed by atoms with van der Waals surface area (Å²) in [6.45, 7) is 1.24. The quantitative estimate of drug-likeness (QED) is 0.905. The number of rotatable bonds is 4. The van der Waals surface area contributed by atoms with Gasteiger partial charge in [0.15, 0.2) is 0 Å². The van der Waals surface area contributed by atoms with Gasteiger partial charge in [-0.1, -0.05) is 19.3 Å². The number of benzene rings is 1. The van der Waals surface area contributed by atoms with Gasteiger partial charge in [-0.05, 0) is 34.8 Å². The number of nitrogens with two attached hydrogens (primary N) is 1. The molecule has 4 nitrogen and oxygen atoms in total. The Labute approximate surface area is 131 Å². The highest BCUT2D eigenvalue weighted by Gasteiger charge is 2.15. The molecule has 2 aromatic rings. The maximum absolute atomic E-state index is 13.5. The Morgan fingerprint density at radius 3 is 2.86 bits per heavy atom. The van der Waals surface area contributed by atoms with Crippen LogP contribution in [0.25, 0.3) is 11.0 Å². The van der Waals surface area contributed by atoms with Gasteiger partial charge in [0.2, 0.25) is 5.95 Å². The van der Waals surface area contributed by atoms with Gasteiger partial charge in [-0.3, -0.25) is 0 Å². The fourth-order valence-electron chi connectivity index (χ4n) is 2.92. The lowest BCUT2D eigenvalue weighted by Crippen LogP contribution is -2.19. The first-order valence-corrected chi connectivity index (χ1v) is 8.17. The molecular formula is C15H19BrFN3O. The van der Waals surface area contributed by atoms with Crippen molar-refractivity contribution in [1.29, 1.82) is 0 Å². The molecule has 1 aliphatic carbocycles. The predicted molar refractivity (Wildman–Crippen MR) is 84.6 cm³/mol. The van der Waals surface area contributed by atoms with Crippen LogP contribution in [0.1, 0.15) is 32.1 Å². The first-order valence-electron chi connectivity index (χ1n) is 7.37. The van der Waals surface area contributed by atoms with E-state index in [1.54, 1.807) is 6.07 Å². The van der Waals surface area contributed by atoms with Crippen LogP contribution in [0.15, 0.2) is 16.6 Å². The Kier molecular flexibility index (Phi) is 4.45. The van der Waals surface area contributed by atoms with Crippen LogP contribution in [0.3, 0.4) is 0 Å². The Hall–Kier alpha value is -1.14. The number of imidazole rings is 1. The second-order valence-corrected chi connectivity index (χ2v) is 6.36. The van der Waals surface area contributed by atoms with Crippen LogP contribution in [-0.2, 0) is 11.3 Å². The number of anilines is 1. The maximum Gasteiger partial charge on any atom is 0.201 e.